The fraction of sp³-hybridized carbons (Fsp3) is 0. The topological polar surface area (TPSA) is 29.1 Å². The molecule has 2 aromatic carbocycles. The molecule has 0 saturated heterocycles. The Labute approximate surface area is 133 Å². The molecule has 0 spiro atoms. The Hall–Kier alpha value is -1.41. The molecule has 0 heterocycles. The third-order valence-electron chi connectivity index (χ3n) is 2.53. The number of rotatable bonds is 2. The average molecular weight is 427 g/mol. The minimum Gasteiger partial charge on any atom is -0.321 e. The predicted octanol–water partition coefficient (Wildman–Crippen LogP) is 5.02. The highest BCUT2D eigenvalue weighted by Crippen LogP contribution is 2.27. The van der Waals surface area contributed by atoms with Crippen LogP contribution in [0.1, 0.15) is 10.4 Å². The van der Waals surface area contributed by atoms with Crippen molar-refractivity contribution in [2.45, 2.75) is 0 Å². The zero-order valence-corrected chi connectivity index (χ0v) is 13.2. The van der Waals surface area contributed by atoms with Crippen molar-refractivity contribution in [2.75, 3.05) is 5.32 Å². The lowest BCUT2D eigenvalue weighted by Gasteiger charge is -2.09. The van der Waals surface area contributed by atoms with Gasteiger partial charge in [-0.2, -0.15) is 0 Å². The fourth-order valence-corrected chi connectivity index (χ4v) is 2.66. The van der Waals surface area contributed by atoms with E-state index in [0.29, 0.717) is 10.5 Å². The highest BCUT2D eigenvalue weighted by Gasteiger charge is 2.23. The molecule has 0 aliphatic carbocycles. The first-order chi connectivity index (χ1) is 9.81. The molecule has 0 aliphatic rings. The lowest BCUT2D eigenvalue weighted by molar-refractivity contribution is 0.102. The van der Waals surface area contributed by atoms with Gasteiger partial charge in [0.25, 0.3) is 5.91 Å². The highest BCUT2D eigenvalue weighted by atomic mass is 79.9. The van der Waals surface area contributed by atoms with Crippen LogP contribution >= 0.6 is 31.9 Å². The zero-order chi connectivity index (χ0) is 15.7. The first-order valence-electron chi connectivity index (χ1n) is 5.40. The van der Waals surface area contributed by atoms with Crippen LogP contribution in [0.3, 0.4) is 0 Å². The first-order valence-corrected chi connectivity index (χ1v) is 6.99. The van der Waals surface area contributed by atoms with Gasteiger partial charge < -0.3 is 5.32 Å². The van der Waals surface area contributed by atoms with E-state index in [1.807, 2.05) is 0 Å². The lowest BCUT2D eigenvalue weighted by atomic mass is 10.1. The van der Waals surface area contributed by atoms with Crippen LogP contribution < -0.4 is 5.32 Å². The van der Waals surface area contributed by atoms with Crippen LogP contribution in [0.4, 0.5) is 23.2 Å². The molecule has 1 N–H and O–H groups in total. The summed E-state index contributed by atoms with van der Waals surface area (Å²) < 4.78 is 53.7. The van der Waals surface area contributed by atoms with Gasteiger partial charge in [0.05, 0.1) is 11.3 Å². The van der Waals surface area contributed by atoms with Crippen molar-refractivity contribution in [1.82, 2.24) is 0 Å². The van der Waals surface area contributed by atoms with Crippen LogP contribution in [0.25, 0.3) is 0 Å². The molecular weight excluding hydrogens is 422 g/mol. The maximum absolute atomic E-state index is 13.5. The molecule has 2 nitrogen and oxygen atoms in total. The van der Waals surface area contributed by atoms with Gasteiger partial charge in [-0.25, -0.2) is 17.6 Å². The number of carbonyl (C=O) groups is 1. The SMILES string of the molecule is O=C(Nc1ccc(Br)cc1Br)c1cc(F)c(F)c(F)c1F. The van der Waals surface area contributed by atoms with E-state index in [9.17, 15) is 22.4 Å². The van der Waals surface area contributed by atoms with Gasteiger partial charge in [-0.15, -0.1) is 0 Å². The molecule has 2 rings (SSSR count). The molecule has 0 aromatic heterocycles. The van der Waals surface area contributed by atoms with Gasteiger partial charge in [0, 0.05) is 8.95 Å². The summed E-state index contributed by atoms with van der Waals surface area (Å²) in [6.45, 7) is 0. The average Bonchev–Trinajstić information content (AvgIpc) is 2.43. The lowest BCUT2D eigenvalue weighted by Crippen LogP contribution is -2.16. The van der Waals surface area contributed by atoms with Gasteiger partial charge >= 0.3 is 0 Å². The van der Waals surface area contributed by atoms with Gasteiger partial charge in [-0.1, -0.05) is 15.9 Å². The molecule has 0 aliphatic heterocycles. The molecule has 0 saturated carbocycles. The maximum atomic E-state index is 13.5. The third-order valence-corrected chi connectivity index (χ3v) is 3.68. The largest absolute Gasteiger partial charge is 0.321 e. The van der Waals surface area contributed by atoms with Crippen LogP contribution in [-0.4, -0.2) is 5.91 Å². The number of nitrogens with one attached hydrogen (secondary N) is 1. The number of amides is 1. The van der Waals surface area contributed by atoms with E-state index in [1.165, 1.54) is 6.07 Å². The summed E-state index contributed by atoms with van der Waals surface area (Å²) in [7, 11) is 0. The summed E-state index contributed by atoms with van der Waals surface area (Å²) in [4.78, 5) is 11.8. The molecule has 1 amide bonds. The monoisotopic (exact) mass is 425 g/mol. The molecule has 0 fully saturated rings. The maximum Gasteiger partial charge on any atom is 0.258 e. The Kier molecular flexibility index (Phi) is 4.67. The molecule has 0 radical (unpaired) electrons. The van der Waals surface area contributed by atoms with E-state index >= 15 is 0 Å². The van der Waals surface area contributed by atoms with Crippen molar-refractivity contribution in [2.24, 2.45) is 0 Å². The minimum atomic E-state index is -2.03. The Balaban J connectivity index is 2.37. The van der Waals surface area contributed by atoms with E-state index in [2.05, 4.69) is 37.2 Å². The summed E-state index contributed by atoms with van der Waals surface area (Å²) in [6.07, 6.45) is 0. The Morgan fingerprint density at radius 1 is 0.952 bits per heavy atom. The minimum absolute atomic E-state index is 0.257. The second-order valence-corrected chi connectivity index (χ2v) is 5.70. The number of halogens is 6. The highest BCUT2D eigenvalue weighted by molar-refractivity contribution is 9.11. The van der Waals surface area contributed by atoms with E-state index in [4.69, 9.17) is 0 Å². The fourth-order valence-electron chi connectivity index (χ4n) is 1.52. The van der Waals surface area contributed by atoms with Crippen LogP contribution in [0.15, 0.2) is 33.2 Å². The van der Waals surface area contributed by atoms with E-state index in [1.54, 1.807) is 12.1 Å². The molecule has 110 valence electrons. The van der Waals surface area contributed by atoms with Crippen molar-refractivity contribution >= 4 is 43.5 Å². The van der Waals surface area contributed by atoms with Crippen LogP contribution in [-0.2, 0) is 0 Å². The standard InChI is InChI=1S/C13H5Br2F4NO/c14-5-1-2-9(7(15)3-5)20-13(21)6-4-8(16)11(18)12(19)10(6)17/h1-4H,(H,20,21). The van der Waals surface area contributed by atoms with Crippen LogP contribution in [0, 0.1) is 23.3 Å². The molecule has 21 heavy (non-hydrogen) atoms. The molecule has 8 heteroatoms. The van der Waals surface area contributed by atoms with Gasteiger partial charge in [-0.3, -0.25) is 4.79 Å². The first kappa shape index (κ1) is 16.0. The molecule has 0 unspecified atom stereocenters. The smallest absolute Gasteiger partial charge is 0.258 e. The second-order valence-electron chi connectivity index (χ2n) is 3.93. The predicted molar refractivity (Wildman–Crippen MR) is 76.1 cm³/mol. The van der Waals surface area contributed by atoms with Crippen molar-refractivity contribution in [3.63, 3.8) is 0 Å². The van der Waals surface area contributed by atoms with Crippen molar-refractivity contribution in [1.29, 1.82) is 0 Å². The normalized spacial score (nSPS) is 10.6. The molecule has 0 atom stereocenters. The van der Waals surface area contributed by atoms with Gasteiger partial charge in [0.1, 0.15) is 0 Å². The number of benzene rings is 2. The number of hydrogen-bond acceptors (Lipinski definition) is 1. The quantitative estimate of drug-likeness (QED) is 0.407. The summed E-state index contributed by atoms with van der Waals surface area (Å²) in [5, 5.41) is 2.27. The second kappa shape index (κ2) is 6.15. The third kappa shape index (κ3) is 3.26. The molecule has 0 bridgehead atoms. The summed E-state index contributed by atoms with van der Waals surface area (Å²) in [5.41, 5.74) is -0.672. The molecular formula is C13H5Br2F4NO. The van der Waals surface area contributed by atoms with Crippen LogP contribution in [0.5, 0.6) is 0 Å². The van der Waals surface area contributed by atoms with E-state index in [-0.39, 0.29) is 5.69 Å². The number of hydrogen-bond donors (Lipinski definition) is 1. The summed E-state index contributed by atoms with van der Waals surface area (Å²) in [5.74, 6) is -8.49. The van der Waals surface area contributed by atoms with Gasteiger partial charge in [0.2, 0.25) is 0 Å². The number of carbonyl (C=O) groups excluding carboxylic acids is 1. The van der Waals surface area contributed by atoms with Crippen molar-refractivity contribution in [3.8, 4) is 0 Å². The van der Waals surface area contributed by atoms with E-state index < -0.39 is 34.7 Å². The summed E-state index contributed by atoms with van der Waals surface area (Å²) in [6, 6.07) is 5.00. The Bertz CT molecular complexity index is 737. The zero-order valence-electron chi connectivity index (χ0n) is 9.99. The Morgan fingerprint density at radius 3 is 2.24 bits per heavy atom. The number of anilines is 1. The molecule has 2 aromatic rings. The van der Waals surface area contributed by atoms with Crippen molar-refractivity contribution in [3.05, 3.63) is 62.0 Å². The Morgan fingerprint density at radius 2 is 1.62 bits per heavy atom. The van der Waals surface area contributed by atoms with E-state index in [0.717, 1.165) is 4.47 Å². The van der Waals surface area contributed by atoms with Gasteiger partial charge in [-0.05, 0) is 40.2 Å². The van der Waals surface area contributed by atoms with Crippen molar-refractivity contribution < 1.29 is 22.4 Å². The summed E-state index contributed by atoms with van der Waals surface area (Å²) >= 11 is 6.36. The van der Waals surface area contributed by atoms with Gasteiger partial charge in [0.15, 0.2) is 23.3 Å². The van der Waals surface area contributed by atoms with Crippen LogP contribution in [0.2, 0.25) is 0 Å².